The maximum absolute atomic E-state index is 11.6. The minimum atomic E-state index is -1.26. The van der Waals surface area contributed by atoms with Crippen molar-refractivity contribution in [2.75, 3.05) is 0 Å². The van der Waals surface area contributed by atoms with Gasteiger partial charge >= 0.3 is 0 Å². The van der Waals surface area contributed by atoms with Gasteiger partial charge in [-0.1, -0.05) is 22.1 Å². The van der Waals surface area contributed by atoms with Crippen molar-refractivity contribution in [1.29, 1.82) is 0 Å². The Morgan fingerprint density at radius 3 is 2.67 bits per heavy atom. The van der Waals surface area contributed by atoms with Gasteiger partial charge in [-0.2, -0.15) is 0 Å². The highest BCUT2D eigenvalue weighted by Crippen LogP contribution is 2.16. The number of aromatic nitrogens is 1. The maximum atomic E-state index is 11.6. The molecule has 0 N–H and O–H groups in total. The van der Waals surface area contributed by atoms with E-state index in [1.54, 1.807) is 18.2 Å². The monoisotopic (exact) mass is 244 g/mol. The lowest BCUT2D eigenvalue weighted by Gasteiger charge is -2.17. The Bertz CT molecular complexity index is 363. The van der Waals surface area contributed by atoms with Gasteiger partial charge in [-0.25, -0.2) is 4.98 Å². The van der Waals surface area contributed by atoms with Gasteiger partial charge in [-0.15, -0.1) is 0 Å². The van der Waals surface area contributed by atoms with Gasteiger partial charge in [0.05, 0.1) is 5.69 Å². The topological polar surface area (TPSA) is 48.3 Å². The predicted molar refractivity (Wildman–Crippen MR) is 64.7 cm³/mol. The van der Waals surface area contributed by atoms with Gasteiger partial charge in [0.2, 0.25) is 0 Å². The van der Waals surface area contributed by atoms with Crippen LogP contribution in [-0.2, 0) is 11.4 Å². The first kappa shape index (κ1) is 12.5. The van der Waals surface area contributed by atoms with Crippen molar-refractivity contribution < 1.29 is 4.55 Å². The van der Waals surface area contributed by atoms with Crippen LogP contribution in [0.5, 0.6) is 0 Å². The molecule has 1 rings (SSSR count). The maximum Gasteiger partial charge on any atom is 0.144 e. The zero-order valence-electron chi connectivity index (χ0n) is 8.90. The fourth-order valence-corrected chi connectivity index (χ4v) is 1.45. The summed E-state index contributed by atoms with van der Waals surface area (Å²) < 4.78 is 15.2. The van der Waals surface area contributed by atoms with Crippen molar-refractivity contribution in [3.8, 4) is 0 Å². The highest BCUT2D eigenvalue weighted by Gasteiger charge is 2.25. The molecule has 0 bridgehead atoms. The van der Waals surface area contributed by atoms with Crippen molar-refractivity contribution in [1.82, 2.24) is 4.98 Å². The molecule has 0 fully saturated rings. The second-order valence-electron chi connectivity index (χ2n) is 3.98. The second kappa shape index (κ2) is 4.96. The zero-order valence-corrected chi connectivity index (χ0v) is 10.5. The van der Waals surface area contributed by atoms with Crippen LogP contribution in [0, 0.1) is 0 Å². The second-order valence-corrected chi connectivity index (χ2v) is 6.30. The Hall–Kier alpha value is -0.580. The number of hydrogen-bond donors (Lipinski definition) is 0. The molecule has 0 radical (unpaired) electrons. The molecule has 82 valence electrons. The number of rotatable bonds is 2. The molecular formula is C10H13ClN2OS. The van der Waals surface area contributed by atoms with Crippen LogP contribution in [0.3, 0.4) is 0 Å². The Balaban J connectivity index is 2.74. The molecule has 5 heteroatoms. The van der Waals surface area contributed by atoms with Crippen LogP contribution in [-0.4, -0.2) is 20.5 Å². The summed E-state index contributed by atoms with van der Waals surface area (Å²) in [4.78, 5) is 4.01. The third-order valence-corrected chi connectivity index (χ3v) is 3.10. The smallest absolute Gasteiger partial charge is 0.144 e. The number of nitrogens with zero attached hydrogens (tertiary/aromatic N) is 2. The lowest BCUT2D eigenvalue weighted by molar-refractivity contribution is 0.562. The summed E-state index contributed by atoms with van der Waals surface area (Å²) in [6.45, 7) is 5.60. The van der Waals surface area contributed by atoms with E-state index in [2.05, 4.69) is 9.38 Å². The van der Waals surface area contributed by atoms with E-state index in [9.17, 15) is 4.55 Å². The van der Waals surface area contributed by atoms with Gasteiger partial charge < -0.3 is 4.55 Å². The van der Waals surface area contributed by atoms with Crippen LogP contribution >= 0.6 is 11.6 Å². The standard InChI is InChI=1S/C10H13ClN2OS/c1-10(2,3)15(14)12-7-8-5-4-6-9(11)13-8/h4-7H,1-3H3/t15-/m0/s1. The Kier molecular flexibility index (Phi) is 4.13. The van der Waals surface area contributed by atoms with Crippen LogP contribution < -0.4 is 0 Å². The van der Waals surface area contributed by atoms with Gasteiger partial charge in [-0.3, -0.25) is 0 Å². The van der Waals surface area contributed by atoms with Crippen molar-refractivity contribution in [2.45, 2.75) is 25.5 Å². The van der Waals surface area contributed by atoms with E-state index in [1.807, 2.05) is 20.8 Å². The fourth-order valence-electron chi connectivity index (χ4n) is 0.756. The van der Waals surface area contributed by atoms with E-state index >= 15 is 0 Å². The molecule has 1 heterocycles. The van der Waals surface area contributed by atoms with E-state index in [1.165, 1.54) is 6.21 Å². The Morgan fingerprint density at radius 2 is 2.13 bits per heavy atom. The Morgan fingerprint density at radius 1 is 1.47 bits per heavy atom. The normalized spacial score (nSPS) is 14.5. The van der Waals surface area contributed by atoms with Crippen LogP contribution in [0.25, 0.3) is 0 Å². The van der Waals surface area contributed by atoms with Crippen LogP contribution in [0.2, 0.25) is 5.15 Å². The molecule has 0 aromatic carbocycles. The SMILES string of the molecule is CC(C)(C)[S@+]([O-])N=Cc1cccc(Cl)n1. The highest BCUT2D eigenvalue weighted by molar-refractivity contribution is 7.91. The van der Waals surface area contributed by atoms with E-state index in [4.69, 9.17) is 11.6 Å². The third-order valence-electron chi connectivity index (χ3n) is 1.54. The van der Waals surface area contributed by atoms with Crippen molar-refractivity contribution in [3.05, 3.63) is 29.0 Å². The lowest BCUT2D eigenvalue weighted by Crippen LogP contribution is -2.25. The van der Waals surface area contributed by atoms with Crippen molar-refractivity contribution in [2.24, 2.45) is 4.40 Å². The van der Waals surface area contributed by atoms with E-state index in [0.717, 1.165) is 0 Å². The predicted octanol–water partition coefficient (Wildman–Crippen LogP) is 2.62. The summed E-state index contributed by atoms with van der Waals surface area (Å²) in [6, 6.07) is 5.21. The zero-order chi connectivity index (χ0) is 11.5. The summed E-state index contributed by atoms with van der Waals surface area (Å²) >= 11 is 4.44. The molecule has 1 aromatic rings. The van der Waals surface area contributed by atoms with Crippen LogP contribution in [0.4, 0.5) is 0 Å². The molecule has 0 aliphatic rings. The van der Waals surface area contributed by atoms with Crippen molar-refractivity contribution in [3.63, 3.8) is 0 Å². The first-order valence-corrected chi connectivity index (χ1v) is 5.97. The third kappa shape index (κ3) is 4.20. The van der Waals surface area contributed by atoms with E-state index in [0.29, 0.717) is 10.8 Å². The first-order valence-electron chi connectivity index (χ1n) is 4.48. The highest BCUT2D eigenvalue weighted by atomic mass is 35.5. The molecule has 0 aliphatic heterocycles. The summed E-state index contributed by atoms with van der Waals surface area (Å²) in [5.74, 6) is 0. The minimum absolute atomic E-state index is 0.352. The van der Waals surface area contributed by atoms with Gasteiger partial charge in [0, 0.05) is 0 Å². The molecule has 0 aliphatic carbocycles. The van der Waals surface area contributed by atoms with Gasteiger partial charge in [0.15, 0.2) is 0 Å². The van der Waals surface area contributed by atoms with Crippen molar-refractivity contribution >= 4 is 29.2 Å². The van der Waals surface area contributed by atoms with Gasteiger partial charge in [-0.05, 0) is 32.9 Å². The quantitative estimate of drug-likeness (QED) is 0.456. The molecule has 0 saturated carbocycles. The number of hydrogen-bond acceptors (Lipinski definition) is 3. The molecule has 0 unspecified atom stereocenters. The van der Waals surface area contributed by atoms with Crippen LogP contribution in [0.1, 0.15) is 26.5 Å². The lowest BCUT2D eigenvalue weighted by atomic mass is 10.3. The Labute approximate surface area is 97.9 Å². The largest absolute Gasteiger partial charge is 0.591 e. The summed E-state index contributed by atoms with van der Waals surface area (Å²) in [5.41, 5.74) is 0.611. The summed E-state index contributed by atoms with van der Waals surface area (Å²) in [6.07, 6.45) is 1.48. The van der Waals surface area contributed by atoms with Crippen LogP contribution in [0.15, 0.2) is 22.6 Å². The molecular weight excluding hydrogens is 232 g/mol. The van der Waals surface area contributed by atoms with Gasteiger partial charge in [0.25, 0.3) is 0 Å². The van der Waals surface area contributed by atoms with E-state index in [-0.39, 0.29) is 4.75 Å². The molecule has 1 aromatic heterocycles. The number of halogens is 1. The molecule has 1 atom stereocenters. The van der Waals surface area contributed by atoms with Gasteiger partial charge in [0.1, 0.15) is 27.5 Å². The average Bonchev–Trinajstić information content (AvgIpc) is 2.12. The molecule has 3 nitrogen and oxygen atoms in total. The molecule has 15 heavy (non-hydrogen) atoms. The average molecular weight is 245 g/mol. The molecule has 0 saturated heterocycles. The molecule has 0 spiro atoms. The first-order chi connectivity index (χ1) is 6.89. The summed E-state index contributed by atoms with van der Waals surface area (Å²) in [7, 11) is 0. The molecule has 0 amide bonds. The van der Waals surface area contributed by atoms with E-state index < -0.39 is 11.4 Å². The summed E-state index contributed by atoms with van der Waals surface area (Å²) in [5, 5.41) is 0.403. The number of pyridine rings is 1. The minimum Gasteiger partial charge on any atom is -0.591 e. The fraction of sp³-hybridized carbons (Fsp3) is 0.400.